The zero-order valence-electron chi connectivity index (χ0n) is 19.4. The molecule has 9 heteroatoms. The Morgan fingerprint density at radius 1 is 1.11 bits per heavy atom. The van der Waals surface area contributed by atoms with Gasteiger partial charge in [-0.2, -0.15) is 5.26 Å². The molecule has 2 fully saturated rings. The van der Waals surface area contributed by atoms with Crippen LogP contribution < -0.4 is 9.47 Å². The van der Waals surface area contributed by atoms with E-state index < -0.39 is 11.1 Å². The van der Waals surface area contributed by atoms with Crippen molar-refractivity contribution in [3.8, 4) is 17.6 Å². The summed E-state index contributed by atoms with van der Waals surface area (Å²) >= 11 is 0.821. The topological polar surface area (TPSA) is 99.9 Å². The van der Waals surface area contributed by atoms with Crippen molar-refractivity contribution in [2.75, 3.05) is 26.2 Å². The van der Waals surface area contributed by atoms with Gasteiger partial charge in [0.2, 0.25) is 5.91 Å². The number of carbonyl (C=O) groups excluding carboxylic acids is 3. The highest BCUT2D eigenvalue weighted by Crippen LogP contribution is 2.35. The zero-order valence-corrected chi connectivity index (χ0v) is 20.2. The molecule has 2 aliphatic rings. The van der Waals surface area contributed by atoms with Crippen molar-refractivity contribution >= 4 is 34.9 Å². The highest BCUT2D eigenvalue weighted by atomic mass is 32.2. The first-order valence-electron chi connectivity index (χ1n) is 11.4. The number of nitrogens with zero attached hydrogens (tertiary/aromatic N) is 3. The zero-order chi connectivity index (χ0) is 24.8. The van der Waals surface area contributed by atoms with Crippen molar-refractivity contribution in [2.24, 2.45) is 0 Å². The fraction of sp³-hybridized carbons (Fsp3) is 0.308. The fourth-order valence-electron chi connectivity index (χ4n) is 3.90. The Balaban J connectivity index is 1.48. The van der Waals surface area contributed by atoms with Crippen LogP contribution in [0.2, 0.25) is 0 Å². The molecule has 0 bridgehead atoms. The summed E-state index contributed by atoms with van der Waals surface area (Å²) in [4.78, 5) is 40.6. The van der Waals surface area contributed by atoms with Crippen molar-refractivity contribution in [3.63, 3.8) is 0 Å². The quantitative estimate of drug-likeness (QED) is 0.510. The van der Waals surface area contributed by atoms with E-state index in [0.717, 1.165) is 35.1 Å². The van der Waals surface area contributed by atoms with Crippen molar-refractivity contribution in [1.29, 1.82) is 5.26 Å². The first kappa shape index (κ1) is 24.4. The average Bonchev–Trinajstić information content (AvgIpc) is 3.49. The van der Waals surface area contributed by atoms with Gasteiger partial charge in [0.05, 0.1) is 23.1 Å². The summed E-state index contributed by atoms with van der Waals surface area (Å²) < 4.78 is 11.6. The van der Waals surface area contributed by atoms with Crippen LogP contribution in [0.5, 0.6) is 11.5 Å². The number of likely N-dealkylation sites (tertiary alicyclic amines) is 1. The molecule has 2 aliphatic heterocycles. The lowest BCUT2D eigenvalue weighted by molar-refractivity contribution is -0.135. The van der Waals surface area contributed by atoms with Crippen LogP contribution in [0.15, 0.2) is 47.4 Å². The molecule has 0 radical (unpaired) electrons. The fourth-order valence-corrected chi connectivity index (χ4v) is 4.74. The monoisotopic (exact) mass is 491 g/mol. The predicted molar refractivity (Wildman–Crippen MR) is 132 cm³/mol. The number of benzene rings is 2. The van der Waals surface area contributed by atoms with Crippen LogP contribution in [0, 0.1) is 11.3 Å². The van der Waals surface area contributed by atoms with Gasteiger partial charge >= 0.3 is 0 Å². The standard InChI is InChI=1S/C26H25N3O5S/c1-2-33-22-13-18(9-10-21(22)34-17-20-8-4-3-7-19(20)15-27)14-23-25(31)29(26(32)35-23)16-24(30)28-11-5-6-12-28/h3-4,7-10,13-14H,2,5-6,11-12,16-17H2,1H3/b23-14-. The molecule has 180 valence electrons. The highest BCUT2D eigenvalue weighted by Gasteiger charge is 2.37. The molecule has 2 aromatic rings. The van der Waals surface area contributed by atoms with Crippen molar-refractivity contribution in [2.45, 2.75) is 26.4 Å². The Morgan fingerprint density at radius 2 is 1.89 bits per heavy atom. The number of imide groups is 1. The lowest BCUT2D eigenvalue weighted by atomic mass is 10.1. The minimum absolute atomic E-state index is 0.201. The van der Waals surface area contributed by atoms with E-state index in [2.05, 4.69) is 6.07 Å². The predicted octanol–water partition coefficient (Wildman–Crippen LogP) is 4.19. The van der Waals surface area contributed by atoms with E-state index in [1.165, 1.54) is 0 Å². The SMILES string of the molecule is CCOc1cc(/C=C2\SC(=O)N(CC(=O)N3CCCC3)C2=O)ccc1OCc1ccccc1C#N. The number of hydrogen-bond donors (Lipinski definition) is 0. The van der Waals surface area contributed by atoms with Crippen molar-refractivity contribution in [3.05, 3.63) is 64.1 Å². The maximum absolute atomic E-state index is 12.8. The summed E-state index contributed by atoms with van der Waals surface area (Å²) in [5.41, 5.74) is 1.97. The second-order valence-corrected chi connectivity index (χ2v) is 9.05. The molecule has 2 saturated heterocycles. The lowest BCUT2D eigenvalue weighted by Crippen LogP contribution is -2.40. The third-order valence-electron chi connectivity index (χ3n) is 5.71. The van der Waals surface area contributed by atoms with E-state index in [1.807, 2.05) is 19.1 Å². The molecular formula is C26H25N3O5S. The van der Waals surface area contributed by atoms with Gasteiger partial charge in [-0.1, -0.05) is 24.3 Å². The van der Waals surface area contributed by atoms with Crippen LogP contribution in [-0.2, 0) is 16.2 Å². The third-order valence-corrected chi connectivity index (χ3v) is 6.62. The van der Waals surface area contributed by atoms with Crippen LogP contribution in [-0.4, -0.2) is 53.1 Å². The Morgan fingerprint density at radius 3 is 2.63 bits per heavy atom. The van der Waals surface area contributed by atoms with Gasteiger partial charge in [-0.15, -0.1) is 0 Å². The molecule has 0 unspecified atom stereocenters. The molecule has 3 amide bonds. The molecule has 4 rings (SSSR count). The van der Waals surface area contributed by atoms with Crippen molar-refractivity contribution < 1.29 is 23.9 Å². The van der Waals surface area contributed by atoms with E-state index in [0.29, 0.717) is 42.3 Å². The highest BCUT2D eigenvalue weighted by molar-refractivity contribution is 8.18. The number of nitriles is 1. The maximum atomic E-state index is 12.8. The van der Waals surface area contributed by atoms with Crippen molar-refractivity contribution in [1.82, 2.24) is 9.80 Å². The molecule has 0 atom stereocenters. The number of amides is 3. The molecule has 0 N–H and O–H groups in total. The smallest absolute Gasteiger partial charge is 0.294 e. The van der Waals surface area contributed by atoms with Crippen LogP contribution >= 0.6 is 11.8 Å². The molecule has 2 heterocycles. The molecular weight excluding hydrogens is 466 g/mol. The maximum Gasteiger partial charge on any atom is 0.294 e. The van der Waals surface area contributed by atoms with Crippen LogP contribution in [0.4, 0.5) is 4.79 Å². The first-order valence-corrected chi connectivity index (χ1v) is 12.2. The average molecular weight is 492 g/mol. The summed E-state index contributed by atoms with van der Waals surface area (Å²) in [6.07, 6.45) is 3.50. The molecule has 0 spiro atoms. The number of rotatable bonds is 8. The number of hydrogen-bond acceptors (Lipinski definition) is 7. The first-order chi connectivity index (χ1) is 17.0. The largest absolute Gasteiger partial charge is 0.490 e. The summed E-state index contributed by atoms with van der Waals surface area (Å²) in [5.74, 6) is 0.309. The molecule has 35 heavy (non-hydrogen) atoms. The van der Waals surface area contributed by atoms with E-state index in [-0.39, 0.29) is 24.0 Å². The summed E-state index contributed by atoms with van der Waals surface area (Å²) in [7, 11) is 0. The van der Waals surface area contributed by atoms with Gasteiger partial charge in [-0.25, -0.2) is 0 Å². The Bertz CT molecular complexity index is 1210. The second kappa shape index (κ2) is 11.1. The summed E-state index contributed by atoms with van der Waals surface area (Å²) in [5, 5.41) is 8.82. The minimum atomic E-state index is -0.473. The molecule has 0 saturated carbocycles. The van der Waals surface area contributed by atoms with Gasteiger partial charge in [0.25, 0.3) is 11.1 Å². The van der Waals surface area contributed by atoms with E-state index in [4.69, 9.17) is 9.47 Å². The Hall–Kier alpha value is -3.77. The van der Waals surface area contributed by atoms with Gasteiger partial charge in [0.15, 0.2) is 11.5 Å². The normalized spacial score (nSPS) is 16.6. The lowest BCUT2D eigenvalue weighted by Gasteiger charge is -2.18. The van der Waals surface area contributed by atoms with E-state index in [9.17, 15) is 19.6 Å². The Labute approximate surface area is 208 Å². The van der Waals surface area contributed by atoms with Crippen LogP contribution in [0.3, 0.4) is 0 Å². The molecule has 0 aromatic heterocycles. The molecule has 2 aromatic carbocycles. The van der Waals surface area contributed by atoms with Gasteiger partial charge in [-0.05, 0) is 61.4 Å². The summed E-state index contributed by atoms with van der Waals surface area (Å²) in [6, 6.07) is 14.6. The molecule has 8 nitrogen and oxygen atoms in total. The molecule has 0 aliphatic carbocycles. The van der Waals surface area contributed by atoms with E-state index in [1.54, 1.807) is 41.3 Å². The van der Waals surface area contributed by atoms with E-state index >= 15 is 0 Å². The Kier molecular flexibility index (Phi) is 7.73. The van der Waals surface area contributed by atoms with Gasteiger partial charge in [0, 0.05) is 18.7 Å². The number of carbonyl (C=O) groups is 3. The second-order valence-electron chi connectivity index (χ2n) is 8.05. The van der Waals surface area contributed by atoms with Gasteiger partial charge < -0.3 is 14.4 Å². The van der Waals surface area contributed by atoms with Crippen LogP contribution in [0.25, 0.3) is 6.08 Å². The van der Waals surface area contributed by atoms with Crippen LogP contribution in [0.1, 0.15) is 36.5 Å². The van der Waals surface area contributed by atoms with Gasteiger partial charge in [-0.3, -0.25) is 19.3 Å². The third kappa shape index (κ3) is 5.66. The summed E-state index contributed by atoms with van der Waals surface area (Å²) in [6.45, 7) is 3.56. The number of thioether (sulfide) groups is 1. The number of ether oxygens (including phenoxy) is 2. The minimum Gasteiger partial charge on any atom is -0.490 e. The van der Waals surface area contributed by atoms with Gasteiger partial charge in [0.1, 0.15) is 13.2 Å².